The van der Waals surface area contributed by atoms with E-state index in [1.165, 1.54) is 9.78 Å². The molecule has 2 aromatic rings. The first-order chi connectivity index (χ1) is 11.6. The van der Waals surface area contributed by atoms with E-state index in [2.05, 4.69) is 42.2 Å². The van der Waals surface area contributed by atoms with Crippen molar-refractivity contribution in [2.24, 2.45) is 0 Å². The van der Waals surface area contributed by atoms with Gasteiger partial charge in [0.05, 0.1) is 25.5 Å². The molecule has 3 rings (SSSR count). The van der Waals surface area contributed by atoms with Crippen molar-refractivity contribution in [3.63, 3.8) is 0 Å². The first-order valence-electron chi connectivity index (χ1n) is 7.87. The van der Waals surface area contributed by atoms with Crippen molar-refractivity contribution in [1.29, 1.82) is 0 Å². The van der Waals surface area contributed by atoms with Crippen LogP contribution in [0.3, 0.4) is 0 Å². The maximum Gasteiger partial charge on any atom is 0.231 e. The molecule has 0 bridgehead atoms. The lowest BCUT2D eigenvalue weighted by molar-refractivity contribution is -0.890. The lowest BCUT2D eigenvalue weighted by atomic mass is 10.2. The predicted molar refractivity (Wildman–Crippen MR) is 99.9 cm³/mol. The minimum absolute atomic E-state index is 0.295. The Kier molecular flexibility index (Phi) is 5.55. The summed E-state index contributed by atoms with van der Waals surface area (Å²) in [5.74, 6) is 1.59. The lowest BCUT2D eigenvalue weighted by Crippen LogP contribution is -3.06. The van der Waals surface area contributed by atoms with Crippen molar-refractivity contribution < 1.29 is 14.4 Å². The van der Waals surface area contributed by atoms with E-state index in [1.807, 2.05) is 18.2 Å². The summed E-state index contributed by atoms with van der Waals surface area (Å²) in [6.07, 6.45) is 0. The summed E-state index contributed by atoms with van der Waals surface area (Å²) < 4.78 is 10.7. The number of hydrogen-bond donors (Lipinski definition) is 3. The third kappa shape index (κ3) is 4.17. The van der Waals surface area contributed by atoms with Crippen LogP contribution in [0.1, 0.15) is 16.5 Å². The first kappa shape index (κ1) is 17.0. The zero-order valence-corrected chi connectivity index (χ0v) is 15.4. The van der Waals surface area contributed by atoms with Gasteiger partial charge in [-0.1, -0.05) is 12.1 Å². The van der Waals surface area contributed by atoms with E-state index in [9.17, 15) is 0 Å². The molecule has 1 aliphatic heterocycles. The van der Waals surface area contributed by atoms with Gasteiger partial charge in [-0.15, -0.1) is 11.3 Å². The van der Waals surface area contributed by atoms with Gasteiger partial charge in [-0.05, 0) is 41.4 Å². The van der Waals surface area contributed by atoms with Gasteiger partial charge in [0, 0.05) is 6.54 Å². The molecule has 0 saturated heterocycles. The highest BCUT2D eigenvalue weighted by molar-refractivity contribution is 7.80. The molecule has 0 fully saturated rings. The van der Waals surface area contributed by atoms with Crippen LogP contribution in [0.4, 0.5) is 0 Å². The molecule has 0 saturated carbocycles. The summed E-state index contributed by atoms with van der Waals surface area (Å²) in [7, 11) is 4.32. The van der Waals surface area contributed by atoms with Gasteiger partial charge < -0.3 is 25.0 Å². The fraction of sp³-hybridized carbons (Fsp3) is 0.353. The van der Waals surface area contributed by atoms with Crippen LogP contribution >= 0.6 is 23.6 Å². The Morgan fingerprint density at radius 2 is 2.08 bits per heavy atom. The van der Waals surface area contributed by atoms with Crippen molar-refractivity contribution in [3.8, 4) is 11.5 Å². The predicted octanol–water partition coefficient (Wildman–Crippen LogP) is 1.33. The largest absolute Gasteiger partial charge is 0.454 e. The zero-order valence-electron chi connectivity index (χ0n) is 13.8. The number of fused-ring (bicyclic) bond motifs is 1. The average molecular weight is 365 g/mol. The Bertz CT molecular complexity index is 689. The fourth-order valence-electron chi connectivity index (χ4n) is 2.57. The van der Waals surface area contributed by atoms with Gasteiger partial charge in [-0.2, -0.15) is 0 Å². The molecular formula is C17H22N3O2S2+. The van der Waals surface area contributed by atoms with Crippen LogP contribution in [0.25, 0.3) is 0 Å². The molecule has 0 spiro atoms. The van der Waals surface area contributed by atoms with Crippen LogP contribution in [0.5, 0.6) is 11.5 Å². The van der Waals surface area contributed by atoms with E-state index < -0.39 is 0 Å². The van der Waals surface area contributed by atoms with E-state index in [0.29, 0.717) is 24.5 Å². The van der Waals surface area contributed by atoms with Gasteiger partial charge in [0.2, 0.25) is 6.79 Å². The van der Waals surface area contributed by atoms with Crippen LogP contribution in [-0.2, 0) is 6.54 Å². The van der Waals surface area contributed by atoms with E-state index in [1.54, 1.807) is 11.3 Å². The van der Waals surface area contributed by atoms with Crippen molar-refractivity contribution in [1.82, 2.24) is 10.6 Å². The van der Waals surface area contributed by atoms with Gasteiger partial charge in [0.15, 0.2) is 16.6 Å². The highest BCUT2D eigenvalue weighted by Gasteiger charge is 2.19. The molecular weight excluding hydrogens is 342 g/mol. The van der Waals surface area contributed by atoms with Crippen LogP contribution in [0, 0.1) is 0 Å². The van der Waals surface area contributed by atoms with Crippen LogP contribution in [0.15, 0.2) is 35.7 Å². The summed E-state index contributed by atoms with van der Waals surface area (Å²) in [6.45, 7) is 1.75. The number of quaternary nitrogens is 1. The van der Waals surface area contributed by atoms with Gasteiger partial charge in [-0.3, -0.25) is 0 Å². The maximum absolute atomic E-state index is 5.40. The van der Waals surface area contributed by atoms with Crippen LogP contribution < -0.4 is 25.0 Å². The van der Waals surface area contributed by atoms with Gasteiger partial charge in [0.1, 0.15) is 6.04 Å². The van der Waals surface area contributed by atoms with Crippen molar-refractivity contribution in [2.45, 2.75) is 12.6 Å². The minimum atomic E-state index is 0.295. The highest BCUT2D eigenvalue weighted by Crippen LogP contribution is 2.32. The number of likely N-dealkylation sites (N-methyl/N-ethyl adjacent to an activating group) is 1. The maximum atomic E-state index is 5.40. The fourth-order valence-corrected chi connectivity index (χ4v) is 3.68. The smallest absolute Gasteiger partial charge is 0.231 e. The molecule has 7 heteroatoms. The highest BCUT2D eigenvalue weighted by atomic mass is 32.1. The topological polar surface area (TPSA) is 47.0 Å². The van der Waals surface area contributed by atoms with Crippen molar-refractivity contribution in [3.05, 3.63) is 46.2 Å². The summed E-state index contributed by atoms with van der Waals surface area (Å²) in [6, 6.07) is 10.6. The second-order valence-electron chi connectivity index (χ2n) is 5.90. The van der Waals surface area contributed by atoms with E-state index in [4.69, 9.17) is 21.7 Å². The molecule has 128 valence electrons. The number of rotatable bonds is 6. The summed E-state index contributed by atoms with van der Waals surface area (Å²) >= 11 is 7.19. The van der Waals surface area contributed by atoms with Gasteiger partial charge in [-0.25, -0.2) is 0 Å². The molecule has 1 aromatic carbocycles. The SMILES string of the molecule is C[NH+](C)[C@H](CNC(=S)NCc1ccc2c(c1)OCO2)c1cccs1. The van der Waals surface area contributed by atoms with E-state index in [0.717, 1.165) is 23.6 Å². The summed E-state index contributed by atoms with van der Waals surface area (Å²) in [5.41, 5.74) is 1.11. The number of nitrogens with one attached hydrogen (secondary N) is 3. The second kappa shape index (κ2) is 7.83. The summed E-state index contributed by atoms with van der Waals surface area (Å²) in [4.78, 5) is 2.74. The molecule has 0 amide bonds. The van der Waals surface area contributed by atoms with Crippen LogP contribution in [-0.4, -0.2) is 32.5 Å². The third-order valence-electron chi connectivity index (χ3n) is 3.94. The lowest BCUT2D eigenvalue weighted by Gasteiger charge is -2.21. The number of thiophene rings is 1. The average Bonchev–Trinajstić information content (AvgIpc) is 3.23. The Balaban J connectivity index is 1.49. The Morgan fingerprint density at radius 3 is 2.83 bits per heavy atom. The molecule has 24 heavy (non-hydrogen) atoms. The van der Waals surface area contributed by atoms with E-state index in [-0.39, 0.29) is 0 Å². The first-order valence-corrected chi connectivity index (χ1v) is 9.16. The molecule has 1 aromatic heterocycles. The Morgan fingerprint density at radius 1 is 1.25 bits per heavy atom. The zero-order chi connectivity index (χ0) is 16.9. The monoisotopic (exact) mass is 364 g/mol. The number of ether oxygens (including phenoxy) is 2. The minimum Gasteiger partial charge on any atom is -0.454 e. The Hall–Kier alpha value is -1.83. The molecule has 3 N–H and O–H groups in total. The van der Waals surface area contributed by atoms with Crippen molar-refractivity contribution >= 4 is 28.7 Å². The van der Waals surface area contributed by atoms with E-state index >= 15 is 0 Å². The molecule has 0 aliphatic carbocycles. The van der Waals surface area contributed by atoms with Gasteiger partial charge >= 0.3 is 0 Å². The van der Waals surface area contributed by atoms with Crippen LogP contribution in [0.2, 0.25) is 0 Å². The second-order valence-corrected chi connectivity index (χ2v) is 7.28. The third-order valence-corrected chi connectivity index (χ3v) is 5.22. The quantitative estimate of drug-likeness (QED) is 0.675. The molecule has 1 atom stereocenters. The standard InChI is InChI=1S/C17H21N3O2S2/c1-20(2)13(16-4-3-7-24-16)10-19-17(23)18-9-12-5-6-14-15(8-12)22-11-21-14/h3-8,13H,9-11H2,1-2H3,(H2,18,19,23)/p+1/t13-/m1/s1. The molecule has 0 radical (unpaired) electrons. The molecule has 5 nitrogen and oxygen atoms in total. The molecule has 2 heterocycles. The summed E-state index contributed by atoms with van der Waals surface area (Å²) in [5, 5.41) is 9.35. The molecule has 1 aliphatic rings. The molecule has 0 unspecified atom stereocenters. The normalized spacial score (nSPS) is 13.8. The number of thiocarbonyl (C=S) groups is 1. The Labute approximate surface area is 151 Å². The van der Waals surface area contributed by atoms with Gasteiger partial charge in [0.25, 0.3) is 0 Å². The number of hydrogen-bond acceptors (Lipinski definition) is 4. The number of benzene rings is 1. The van der Waals surface area contributed by atoms with Crippen molar-refractivity contribution in [2.75, 3.05) is 27.4 Å².